The average molecular weight is 364 g/mol. The van der Waals surface area contributed by atoms with Gasteiger partial charge in [-0.1, -0.05) is 32.0 Å². The van der Waals surface area contributed by atoms with Gasteiger partial charge in [0, 0.05) is 12.0 Å². The first-order valence-corrected chi connectivity index (χ1v) is 8.84. The lowest BCUT2D eigenvalue weighted by molar-refractivity contribution is -0.280. The van der Waals surface area contributed by atoms with E-state index < -0.39 is 28.6 Å². The van der Waals surface area contributed by atoms with Crippen LogP contribution in [0, 0.1) is 56.2 Å². The molecule has 0 radical (unpaired) electrons. The third kappa shape index (κ3) is 2.05. The molecule has 7 nitrogen and oxygen atoms in total. The van der Waals surface area contributed by atoms with Crippen molar-refractivity contribution >= 4 is 5.90 Å². The van der Waals surface area contributed by atoms with Crippen LogP contribution in [0.15, 0.2) is 24.3 Å². The van der Waals surface area contributed by atoms with E-state index in [1.54, 1.807) is 31.2 Å². The lowest BCUT2D eigenvalue weighted by Gasteiger charge is -2.48. The van der Waals surface area contributed by atoms with E-state index in [2.05, 4.69) is 6.07 Å². The van der Waals surface area contributed by atoms with Crippen molar-refractivity contribution in [2.24, 2.45) is 16.7 Å². The smallest absolute Gasteiger partial charge is 0.217 e. The summed E-state index contributed by atoms with van der Waals surface area (Å²) in [4.78, 5) is 0. The first kappa shape index (κ1) is 18.7. The summed E-state index contributed by atoms with van der Waals surface area (Å²) >= 11 is 0. The molecule has 138 valence electrons. The van der Waals surface area contributed by atoms with Gasteiger partial charge in [0.15, 0.2) is 5.41 Å². The molecule has 0 spiro atoms. The predicted octanol–water partition coefficient (Wildman–Crippen LogP) is 3.45. The van der Waals surface area contributed by atoms with Gasteiger partial charge in [0.1, 0.15) is 11.9 Å². The first-order valence-electron chi connectivity index (χ1n) is 8.84. The summed E-state index contributed by atoms with van der Waals surface area (Å²) in [6.45, 7) is 5.74. The van der Waals surface area contributed by atoms with Crippen molar-refractivity contribution in [3.05, 3.63) is 29.8 Å². The zero-order chi connectivity index (χ0) is 19.9. The Balaban J connectivity index is 2.34. The molecule has 27 heavy (non-hydrogen) atoms. The van der Waals surface area contributed by atoms with E-state index in [9.17, 15) is 15.8 Å². The van der Waals surface area contributed by atoms with Crippen LogP contribution in [0.3, 0.4) is 0 Å². The van der Waals surface area contributed by atoms with E-state index in [-0.39, 0.29) is 5.90 Å². The Bertz CT molecular complexity index is 895. The van der Waals surface area contributed by atoms with Crippen LogP contribution in [-0.2, 0) is 9.47 Å². The van der Waals surface area contributed by atoms with Crippen LogP contribution >= 0.6 is 0 Å². The average Bonchev–Trinajstić information content (AvgIpc) is 2.85. The first-order chi connectivity index (χ1) is 12.9. The van der Waals surface area contributed by atoms with Gasteiger partial charge in [-0.2, -0.15) is 15.8 Å². The summed E-state index contributed by atoms with van der Waals surface area (Å²) in [6, 6.07) is 13.1. The zero-order valence-electron chi connectivity index (χ0n) is 15.4. The largest absolute Gasteiger partial charge is 0.493 e. The van der Waals surface area contributed by atoms with Crippen molar-refractivity contribution in [2.45, 2.75) is 39.1 Å². The molecule has 0 aromatic heterocycles. The fourth-order valence-corrected chi connectivity index (χ4v) is 4.31. The molecule has 2 saturated heterocycles. The van der Waals surface area contributed by atoms with Crippen LogP contribution in [0.4, 0.5) is 0 Å². The van der Waals surface area contributed by atoms with Gasteiger partial charge in [-0.15, -0.1) is 0 Å². The van der Waals surface area contributed by atoms with E-state index in [0.717, 1.165) is 0 Å². The maximum absolute atomic E-state index is 10.1. The molecule has 2 heterocycles. The molecule has 2 aliphatic heterocycles. The minimum Gasteiger partial charge on any atom is -0.493 e. The van der Waals surface area contributed by atoms with Gasteiger partial charge in [-0.25, -0.2) is 0 Å². The molecule has 3 rings (SSSR count). The van der Waals surface area contributed by atoms with E-state index in [0.29, 0.717) is 24.3 Å². The Morgan fingerprint density at radius 3 is 2.37 bits per heavy atom. The van der Waals surface area contributed by atoms with Gasteiger partial charge in [0.25, 0.3) is 0 Å². The number of nitriles is 3. The number of ether oxygens (including phenoxy) is 3. The van der Waals surface area contributed by atoms with Crippen molar-refractivity contribution in [2.75, 3.05) is 6.61 Å². The second-order valence-corrected chi connectivity index (χ2v) is 6.74. The minimum atomic E-state index is -1.96. The Morgan fingerprint density at radius 1 is 1.15 bits per heavy atom. The monoisotopic (exact) mass is 364 g/mol. The number of nitrogens with one attached hydrogen (secondary N) is 1. The Hall–Kier alpha value is -3.08. The standard InChI is InChI=1S/C20H20N4O3/c1-4-20-13(3)19(12-23,17(24)27-20)18(10-21,11-22)16(26-20)14-8-6-7-9-15(14)25-5-2/h6-9,13,16,24H,4-5H2,1-3H3. The van der Waals surface area contributed by atoms with Crippen molar-refractivity contribution in [1.29, 1.82) is 21.2 Å². The molecule has 0 aliphatic carbocycles. The quantitative estimate of drug-likeness (QED) is 0.873. The van der Waals surface area contributed by atoms with E-state index in [1.807, 2.05) is 26.0 Å². The number of benzene rings is 1. The molecule has 2 fully saturated rings. The van der Waals surface area contributed by atoms with Gasteiger partial charge in [-0.3, -0.25) is 5.41 Å². The van der Waals surface area contributed by atoms with Crippen LogP contribution in [0.25, 0.3) is 0 Å². The van der Waals surface area contributed by atoms with E-state index >= 15 is 0 Å². The maximum Gasteiger partial charge on any atom is 0.217 e. The van der Waals surface area contributed by atoms with Crippen molar-refractivity contribution in [1.82, 2.24) is 0 Å². The highest BCUT2D eigenvalue weighted by Gasteiger charge is 2.79. The third-order valence-electron chi connectivity index (χ3n) is 5.80. The number of nitrogens with zero attached hydrogens (tertiary/aromatic N) is 3. The minimum absolute atomic E-state index is 0.361. The van der Waals surface area contributed by atoms with Crippen LogP contribution in [0.1, 0.15) is 38.9 Å². The highest BCUT2D eigenvalue weighted by molar-refractivity contribution is 5.89. The molecular weight excluding hydrogens is 344 g/mol. The summed E-state index contributed by atoms with van der Waals surface area (Å²) in [5, 5.41) is 38.7. The molecule has 2 bridgehead atoms. The van der Waals surface area contributed by atoms with Crippen LogP contribution in [0.5, 0.6) is 5.75 Å². The normalized spacial score (nSPS) is 33.3. The van der Waals surface area contributed by atoms with E-state index in [4.69, 9.17) is 19.6 Å². The van der Waals surface area contributed by atoms with Gasteiger partial charge < -0.3 is 14.2 Å². The number of hydrogen-bond acceptors (Lipinski definition) is 7. The summed E-state index contributed by atoms with van der Waals surface area (Å²) in [5.41, 5.74) is -3.21. The summed E-state index contributed by atoms with van der Waals surface area (Å²) in [7, 11) is 0. The highest BCUT2D eigenvalue weighted by atomic mass is 16.7. The van der Waals surface area contributed by atoms with Gasteiger partial charge >= 0.3 is 0 Å². The van der Waals surface area contributed by atoms with E-state index in [1.165, 1.54) is 0 Å². The van der Waals surface area contributed by atoms with Gasteiger partial charge in [0.2, 0.25) is 17.1 Å². The molecule has 1 aromatic carbocycles. The molecule has 4 atom stereocenters. The fraction of sp³-hybridized carbons (Fsp3) is 0.500. The van der Waals surface area contributed by atoms with Gasteiger partial charge in [-0.05, 0) is 13.0 Å². The lowest BCUT2D eigenvalue weighted by atomic mass is 9.53. The summed E-state index contributed by atoms with van der Waals surface area (Å²) in [5.74, 6) is -1.84. The lowest BCUT2D eigenvalue weighted by Crippen LogP contribution is -2.58. The molecule has 2 aliphatic rings. The molecule has 0 amide bonds. The molecule has 7 heteroatoms. The van der Waals surface area contributed by atoms with Crippen molar-refractivity contribution in [3.8, 4) is 24.0 Å². The Morgan fingerprint density at radius 2 is 1.81 bits per heavy atom. The third-order valence-corrected chi connectivity index (χ3v) is 5.80. The molecule has 0 saturated carbocycles. The number of fused-ring (bicyclic) bond motifs is 2. The predicted molar refractivity (Wildman–Crippen MR) is 94.1 cm³/mol. The summed E-state index contributed by atoms with van der Waals surface area (Å²) < 4.78 is 17.7. The number of para-hydroxylation sites is 1. The zero-order valence-corrected chi connectivity index (χ0v) is 15.4. The Labute approximate surface area is 158 Å². The SMILES string of the molecule is CCOc1ccccc1C1OC2(CC)OC(=N)C(C#N)(C2C)C1(C#N)C#N. The molecule has 1 aromatic rings. The van der Waals surface area contributed by atoms with Crippen molar-refractivity contribution < 1.29 is 14.2 Å². The topological polar surface area (TPSA) is 123 Å². The maximum atomic E-state index is 10.1. The Kier molecular flexibility index (Phi) is 4.34. The van der Waals surface area contributed by atoms with Crippen molar-refractivity contribution in [3.63, 3.8) is 0 Å². The van der Waals surface area contributed by atoms with Gasteiger partial charge in [0.05, 0.1) is 30.7 Å². The second-order valence-electron chi connectivity index (χ2n) is 6.74. The number of rotatable bonds is 4. The van der Waals surface area contributed by atoms with Crippen LogP contribution < -0.4 is 4.74 Å². The van der Waals surface area contributed by atoms with Crippen LogP contribution in [0.2, 0.25) is 0 Å². The summed E-state index contributed by atoms with van der Waals surface area (Å²) in [6.07, 6.45) is -0.742. The highest BCUT2D eigenvalue weighted by Crippen LogP contribution is 2.67. The number of hydrogen-bond donors (Lipinski definition) is 1. The molecule has 4 unspecified atom stereocenters. The molecular formula is C20H20N4O3. The van der Waals surface area contributed by atoms with Crippen LogP contribution in [-0.4, -0.2) is 18.3 Å². The second kappa shape index (κ2) is 6.27. The molecule has 1 N–H and O–H groups in total. The fourth-order valence-electron chi connectivity index (χ4n) is 4.31.